The molecule has 1 aliphatic heterocycles. The van der Waals surface area contributed by atoms with E-state index in [1.54, 1.807) is 7.11 Å². The van der Waals surface area contributed by atoms with Crippen LogP contribution in [0, 0.1) is 5.92 Å². The van der Waals surface area contributed by atoms with E-state index < -0.39 is 0 Å². The van der Waals surface area contributed by atoms with Gasteiger partial charge >= 0.3 is 0 Å². The zero-order valence-corrected chi connectivity index (χ0v) is 12.4. The molecule has 2 atom stereocenters. The average molecular weight is 263 g/mol. The SMILES string of the molecule is COc1ccccc1C1OCCC1CNC(C)(C)C. The van der Waals surface area contributed by atoms with Gasteiger partial charge in [-0.05, 0) is 33.3 Å². The van der Waals surface area contributed by atoms with Crippen molar-refractivity contribution in [1.82, 2.24) is 5.32 Å². The molecule has 0 aliphatic carbocycles. The molecule has 2 unspecified atom stereocenters. The minimum absolute atomic E-state index is 0.144. The fourth-order valence-electron chi connectivity index (χ4n) is 2.53. The van der Waals surface area contributed by atoms with Crippen molar-refractivity contribution >= 4 is 0 Å². The van der Waals surface area contributed by atoms with Crippen LogP contribution < -0.4 is 10.1 Å². The summed E-state index contributed by atoms with van der Waals surface area (Å²) < 4.78 is 11.4. The Bertz CT molecular complexity index is 411. The highest BCUT2D eigenvalue weighted by molar-refractivity contribution is 5.35. The fraction of sp³-hybridized carbons (Fsp3) is 0.625. The Morgan fingerprint density at radius 3 is 2.74 bits per heavy atom. The van der Waals surface area contributed by atoms with Gasteiger partial charge in [0.1, 0.15) is 5.75 Å². The number of ether oxygens (including phenoxy) is 2. The molecule has 0 radical (unpaired) electrons. The maximum Gasteiger partial charge on any atom is 0.124 e. The maximum absolute atomic E-state index is 5.94. The lowest BCUT2D eigenvalue weighted by molar-refractivity contribution is 0.0867. The summed E-state index contributed by atoms with van der Waals surface area (Å²) in [6.07, 6.45) is 1.25. The van der Waals surface area contributed by atoms with E-state index in [0.29, 0.717) is 5.92 Å². The third-order valence-corrected chi connectivity index (χ3v) is 3.55. The lowest BCUT2D eigenvalue weighted by Gasteiger charge is -2.26. The standard InChI is InChI=1S/C16H25NO2/c1-16(2,3)17-11-12-9-10-19-15(12)13-7-5-6-8-14(13)18-4/h5-8,12,15,17H,9-11H2,1-4H3. The van der Waals surface area contributed by atoms with E-state index in [4.69, 9.17) is 9.47 Å². The van der Waals surface area contributed by atoms with Crippen LogP contribution in [-0.4, -0.2) is 25.8 Å². The highest BCUT2D eigenvalue weighted by atomic mass is 16.5. The van der Waals surface area contributed by atoms with Crippen LogP contribution in [0.15, 0.2) is 24.3 Å². The molecule has 0 saturated carbocycles. The molecule has 1 heterocycles. The molecule has 19 heavy (non-hydrogen) atoms. The second-order valence-corrected chi connectivity index (χ2v) is 6.21. The zero-order valence-electron chi connectivity index (χ0n) is 12.4. The van der Waals surface area contributed by atoms with Crippen molar-refractivity contribution in [2.45, 2.75) is 38.8 Å². The van der Waals surface area contributed by atoms with Gasteiger partial charge < -0.3 is 14.8 Å². The molecule has 1 fully saturated rings. The molecule has 0 aromatic heterocycles. The quantitative estimate of drug-likeness (QED) is 0.905. The van der Waals surface area contributed by atoms with Gasteiger partial charge in [0.05, 0.1) is 13.2 Å². The van der Waals surface area contributed by atoms with Gasteiger partial charge in [-0.1, -0.05) is 18.2 Å². The molecule has 1 aromatic rings. The first-order valence-corrected chi connectivity index (χ1v) is 7.01. The maximum atomic E-state index is 5.94. The second-order valence-electron chi connectivity index (χ2n) is 6.21. The molecular weight excluding hydrogens is 238 g/mol. The van der Waals surface area contributed by atoms with Crippen LogP contribution in [0.25, 0.3) is 0 Å². The summed E-state index contributed by atoms with van der Waals surface area (Å²) in [7, 11) is 1.72. The number of methoxy groups -OCH3 is 1. The largest absolute Gasteiger partial charge is 0.496 e. The monoisotopic (exact) mass is 263 g/mol. The summed E-state index contributed by atoms with van der Waals surface area (Å²) in [6, 6.07) is 8.16. The lowest BCUT2D eigenvalue weighted by Crippen LogP contribution is -2.39. The molecule has 0 spiro atoms. The normalized spacial score (nSPS) is 23.6. The molecular formula is C16H25NO2. The summed E-state index contributed by atoms with van der Waals surface area (Å²) >= 11 is 0. The molecule has 1 saturated heterocycles. The smallest absolute Gasteiger partial charge is 0.124 e. The van der Waals surface area contributed by atoms with Crippen molar-refractivity contribution in [2.24, 2.45) is 5.92 Å². The van der Waals surface area contributed by atoms with Crippen molar-refractivity contribution < 1.29 is 9.47 Å². The Morgan fingerprint density at radius 1 is 1.32 bits per heavy atom. The average Bonchev–Trinajstić information content (AvgIpc) is 2.83. The Balaban J connectivity index is 2.10. The summed E-state index contributed by atoms with van der Waals surface area (Å²) in [5.41, 5.74) is 1.32. The molecule has 3 heteroatoms. The molecule has 1 aliphatic rings. The number of nitrogens with one attached hydrogen (secondary N) is 1. The van der Waals surface area contributed by atoms with E-state index in [1.807, 2.05) is 18.2 Å². The van der Waals surface area contributed by atoms with E-state index in [9.17, 15) is 0 Å². The van der Waals surface area contributed by atoms with E-state index >= 15 is 0 Å². The van der Waals surface area contributed by atoms with Crippen LogP contribution >= 0.6 is 0 Å². The van der Waals surface area contributed by atoms with Crippen molar-refractivity contribution in [3.8, 4) is 5.75 Å². The van der Waals surface area contributed by atoms with Gasteiger partial charge in [-0.2, -0.15) is 0 Å². The van der Waals surface area contributed by atoms with Crippen LogP contribution in [0.3, 0.4) is 0 Å². The first kappa shape index (κ1) is 14.4. The van der Waals surface area contributed by atoms with Crippen LogP contribution in [0.2, 0.25) is 0 Å². The van der Waals surface area contributed by atoms with Gasteiger partial charge in [0.2, 0.25) is 0 Å². The molecule has 2 rings (SSSR count). The molecule has 3 nitrogen and oxygen atoms in total. The van der Waals surface area contributed by atoms with Gasteiger partial charge in [0, 0.05) is 30.2 Å². The Labute approximate surface area is 116 Å². The van der Waals surface area contributed by atoms with E-state index in [1.165, 1.54) is 5.56 Å². The zero-order chi connectivity index (χ0) is 13.9. The number of rotatable bonds is 4. The highest BCUT2D eigenvalue weighted by Crippen LogP contribution is 2.38. The Morgan fingerprint density at radius 2 is 2.05 bits per heavy atom. The van der Waals surface area contributed by atoms with Crippen molar-refractivity contribution in [3.63, 3.8) is 0 Å². The van der Waals surface area contributed by atoms with Gasteiger partial charge in [-0.3, -0.25) is 0 Å². The Kier molecular flexibility index (Phi) is 4.48. The minimum Gasteiger partial charge on any atom is -0.496 e. The summed E-state index contributed by atoms with van der Waals surface area (Å²) in [4.78, 5) is 0. The second kappa shape index (κ2) is 5.93. The van der Waals surface area contributed by atoms with Gasteiger partial charge in [0.15, 0.2) is 0 Å². The number of hydrogen-bond donors (Lipinski definition) is 1. The van der Waals surface area contributed by atoms with Gasteiger partial charge in [-0.25, -0.2) is 0 Å². The molecule has 0 bridgehead atoms. The van der Waals surface area contributed by atoms with Gasteiger partial charge in [-0.15, -0.1) is 0 Å². The van der Waals surface area contributed by atoms with E-state index in [2.05, 4.69) is 32.2 Å². The predicted octanol–water partition coefficient (Wildman–Crippen LogP) is 3.16. The van der Waals surface area contributed by atoms with Crippen molar-refractivity contribution in [1.29, 1.82) is 0 Å². The van der Waals surface area contributed by atoms with Crippen LogP contribution in [0.4, 0.5) is 0 Å². The number of benzene rings is 1. The first-order valence-electron chi connectivity index (χ1n) is 7.01. The summed E-state index contributed by atoms with van der Waals surface area (Å²) in [5.74, 6) is 1.44. The van der Waals surface area contributed by atoms with Crippen molar-refractivity contribution in [2.75, 3.05) is 20.3 Å². The fourth-order valence-corrected chi connectivity index (χ4v) is 2.53. The molecule has 0 amide bonds. The molecule has 1 N–H and O–H groups in total. The van der Waals surface area contributed by atoms with Gasteiger partial charge in [0.25, 0.3) is 0 Å². The van der Waals surface area contributed by atoms with Crippen LogP contribution in [-0.2, 0) is 4.74 Å². The van der Waals surface area contributed by atoms with Crippen LogP contribution in [0.5, 0.6) is 5.75 Å². The topological polar surface area (TPSA) is 30.5 Å². The summed E-state index contributed by atoms with van der Waals surface area (Å²) in [5, 5.41) is 3.58. The number of para-hydroxylation sites is 1. The van der Waals surface area contributed by atoms with Crippen LogP contribution in [0.1, 0.15) is 38.9 Å². The molecule has 1 aromatic carbocycles. The minimum atomic E-state index is 0.144. The predicted molar refractivity (Wildman–Crippen MR) is 77.5 cm³/mol. The van der Waals surface area contributed by atoms with Crippen molar-refractivity contribution in [3.05, 3.63) is 29.8 Å². The third-order valence-electron chi connectivity index (χ3n) is 3.55. The van der Waals surface area contributed by atoms with E-state index in [0.717, 1.165) is 25.3 Å². The lowest BCUT2D eigenvalue weighted by atomic mass is 9.93. The third kappa shape index (κ3) is 3.71. The molecule has 106 valence electrons. The van der Waals surface area contributed by atoms with E-state index in [-0.39, 0.29) is 11.6 Å². The first-order chi connectivity index (χ1) is 9.01. The Hall–Kier alpha value is -1.06. The highest BCUT2D eigenvalue weighted by Gasteiger charge is 2.32. The summed E-state index contributed by atoms with van der Waals surface area (Å²) in [6.45, 7) is 8.40. The number of hydrogen-bond acceptors (Lipinski definition) is 3.